The summed E-state index contributed by atoms with van der Waals surface area (Å²) in [4.78, 5) is 47.9. The summed E-state index contributed by atoms with van der Waals surface area (Å²) in [6, 6.07) is 13.3. The van der Waals surface area contributed by atoms with Crippen molar-refractivity contribution in [1.82, 2.24) is 15.4 Å². The first-order chi connectivity index (χ1) is 32.7. The lowest BCUT2D eigenvalue weighted by Gasteiger charge is -2.14. The molecule has 0 saturated heterocycles. The molecule has 0 radical (unpaired) electrons. The van der Waals surface area contributed by atoms with E-state index in [9.17, 15) is 27.6 Å². The van der Waals surface area contributed by atoms with Gasteiger partial charge in [0.1, 0.15) is 6.29 Å². The average molecular weight is 984 g/mol. The van der Waals surface area contributed by atoms with Crippen molar-refractivity contribution in [2.24, 2.45) is 5.92 Å². The number of carboxylic acid groups (broad SMARTS) is 1. The molecule has 14 heteroatoms. The first-order valence-electron chi connectivity index (χ1n) is 24.2. The van der Waals surface area contributed by atoms with E-state index in [0.29, 0.717) is 27.8 Å². The molecular formula is C54H85N3O9S2. The summed E-state index contributed by atoms with van der Waals surface area (Å²) >= 11 is 1.22. The van der Waals surface area contributed by atoms with Gasteiger partial charge in [-0.25, -0.2) is 17.9 Å². The number of carbonyl (C=O) groups excluding carboxylic acids is 3. The Balaban J connectivity index is 0. The number of ether oxygens (including phenoxy) is 1. The van der Waals surface area contributed by atoms with Gasteiger partial charge in [-0.05, 0) is 119 Å². The number of hydrogen-bond donors (Lipinski definition) is 5. The van der Waals surface area contributed by atoms with Gasteiger partial charge in [-0.2, -0.15) is 0 Å². The van der Waals surface area contributed by atoms with Crippen LogP contribution >= 0.6 is 11.8 Å². The van der Waals surface area contributed by atoms with E-state index < -0.39 is 21.9 Å². The Labute approximate surface area is 414 Å². The van der Waals surface area contributed by atoms with E-state index in [1.165, 1.54) is 69.0 Å². The van der Waals surface area contributed by atoms with Gasteiger partial charge in [-0.1, -0.05) is 139 Å². The molecular weight excluding hydrogens is 899 g/mol. The molecule has 1 fully saturated rings. The van der Waals surface area contributed by atoms with Crippen molar-refractivity contribution in [1.29, 1.82) is 0 Å². The maximum absolute atomic E-state index is 13.4. The third-order valence-electron chi connectivity index (χ3n) is 9.89. The molecule has 0 unspecified atom stereocenters. The molecule has 0 aliphatic heterocycles. The predicted molar refractivity (Wildman–Crippen MR) is 284 cm³/mol. The van der Waals surface area contributed by atoms with Crippen molar-refractivity contribution >= 4 is 45.9 Å². The molecule has 1 saturated carbocycles. The molecule has 0 heterocycles. The van der Waals surface area contributed by atoms with Crippen LogP contribution in [-0.2, 0) is 36.5 Å². The van der Waals surface area contributed by atoms with E-state index in [1.54, 1.807) is 37.3 Å². The van der Waals surface area contributed by atoms with Crippen LogP contribution in [0.2, 0.25) is 0 Å². The number of benzene rings is 2. The number of sulfonamides is 1. The number of thioether (sulfide) groups is 1. The molecule has 2 aromatic rings. The standard InChI is InChI=1S/C37H45N3O7S2.C7H12O.C5H12.2C2H6.CH4O/c1-26(2)24-48-36(40-35(42)32-13-7-12-30(23-32)25-49(45,46)38-21-22-47-4)27(3)34(41)39-33-14-8-11-28(17-20-33)9-5-6-10-29-15-18-31(19-16-29)37(43)44;8-6-7-4-2-1-3-5-7;1-3-5-4-2;3*1-2/h7-8,12-20,23-24,38H,5-6,9-11,21-22,25H2,1-4H3,(H,39,41)(H,40,42)(H,43,44);6-7H,1-5H2;3-5H2,1-2H3;2*1-2H3;2H,1H3/b36-27+;;;;;. The Hall–Kier alpha value is -4.60. The number of amides is 2. The van der Waals surface area contributed by atoms with Gasteiger partial charge in [0.15, 0.2) is 0 Å². The maximum atomic E-state index is 13.4. The molecule has 2 aromatic carbocycles. The molecule has 0 aromatic heterocycles. The Morgan fingerprint density at radius 3 is 2.01 bits per heavy atom. The van der Waals surface area contributed by atoms with Crippen molar-refractivity contribution in [3.63, 3.8) is 0 Å². The first-order valence-corrected chi connectivity index (χ1v) is 26.7. The number of nitrogens with one attached hydrogen (secondary N) is 3. The number of allylic oxidation sites excluding steroid dienone is 6. The molecule has 2 amide bonds. The number of unbranched alkanes of at least 4 members (excludes halogenated alkanes) is 3. The second-order valence-corrected chi connectivity index (χ2v) is 18.4. The molecule has 68 heavy (non-hydrogen) atoms. The van der Waals surface area contributed by atoms with Crippen LogP contribution in [0.5, 0.6) is 0 Å². The number of methoxy groups -OCH3 is 1. The summed E-state index contributed by atoms with van der Waals surface area (Å²) < 4.78 is 32.2. The van der Waals surface area contributed by atoms with Crippen LogP contribution in [0, 0.1) is 5.92 Å². The summed E-state index contributed by atoms with van der Waals surface area (Å²) in [7, 11) is -1.14. The van der Waals surface area contributed by atoms with Gasteiger partial charge in [0.05, 0.1) is 23.0 Å². The third kappa shape index (κ3) is 30.7. The zero-order valence-electron chi connectivity index (χ0n) is 43.0. The quantitative estimate of drug-likeness (QED) is 0.0457. The van der Waals surface area contributed by atoms with Crippen LogP contribution in [0.3, 0.4) is 0 Å². The number of carboxylic acids is 1. The number of aldehydes is 1. The molecule has 5 N–H and O–H groups in total. The lowest BCUT2D eigenvalue weighted by atomic mass is 9.91. The Kier molecular flexibility index (Phi) is 39.8. The lowest BCUT2D eigenvalue weighted by Crippen LogP contribution is -2.29. The largest absolute Gasteiger partial charge is 0.478 e. The molecule has 2 aliphatic carbocycles. The summed E-state index contributed by atoms with van der Waals surface area (Å²) in [5, 5.41) is 24.0. The van der Waals surface area contributed by atoms with E-state index in [1.807, 2.05) is 83.4 Å². The second-order valence-electron chi connectivity index (χ2n) is 15.7. The van der Waals surface area contributed by atoms with E-state index in [-0.39, 0.29) is 35.9 Å². The highest BCUT2D eigenvalue weighted by Crippen LogP contribution is 2.23. The van der Waals surface area contributed by atoms with E-state index in [0.717, 1.165) is 69.5 Å². The minimum Gasteiger partial charge on any atom is -0.478 e. The van der Waals surface area contributed by atoms with Crippen molar-refractivity contribution in [3.8, 4) is 0 Å². The highest BCUT2D eigenvalue weighted by molar-refractivity contribution is 8.05. The van der Waals surface area contributed by atoms with Crippen LogP contribution in [0.25, 0.3) is 0 Å². The zero-order chi connectivity index (χ0) is 51.8. The van der Waals surface area contributed by atoms with E-state index in [4.69, 9.17) is 14.9 Å². The summed E-state index contributed by atoms with van der Waals surface area (Å²) in [6.45, 7) is 18.3. The van der Waals surface area contributed by atoms with Gasteiger partial charge >= 0.3 is 5.97 Å². The Morgan fingerprint density at radius 1 is 0.838 bits per heavy atom. The number of carbonyl (C=O) groups is 4. The summed E-state index contributed by atoms with van der Waals surface area (Å²) in [6.07, 6.45) is 23.6. The number of aliphatic hydroxyl groups excluding tert-OH is 1. The number of aliphatic hydroxyl groups is 1. The second kappa shape index (κ2) is 41.4. The fourth-order valence-corrected chi connectivity index (χ4v) is 8.21. The average Bonchev–Trinajstić information content (AvgIpc) is 3.58. The fraction of sp³-hybridized carbons (Fsp3) is 0.519. The highest BCUT2D eigenvalue weighted by atomic mass is 32.2. The highest BCUT2D eigenvalue weighted by Gasteiger charge is 2.18. The van der Waals surface area contributed by atoms with Crippen molar-refractivity contribution in [3.05, 3.63) is 128 Å². The number of rotatable bonds is 21. The van der Waals surface area contributed by atoms with Gasteiger partial charge in [-0.15, -0.1) is 0 Å². The van der Waals surface area contributed by atoms with E-state index in [2.05, 4.69) is 29.2 Å². The molecule has 0 bridgehead atoms. The first kappa shape index (κ1) is 65.5. The van der Waals surface area contributed by atoms with Crippen molar-refractivity contribution in [2.45, 2.75) is 152 Å². The topological polar surface area (TPSA) is 188 Å². The zero-order valence-corrected chi connectivity index (χ0v) is 44.7. The molecule has 12 nitrogen and oxygen atoms in total. The van der Waals surface area contributed by atoms with Gasteiger partial charge in [0.2, 0.25) is 10.0 Å². The fourth-order valence-electron chi connectivity index (χ4n) is 6.32. The molecule has 0 atom stereocenters. The molecule has 382 valence electrons. The van der Waals surface area contributed by atoms with E-state index >= 15 is 0 Å². The maximum Gasteiger partial charge on any atom is 0.335 e. The summed E-state index contributed by atoms with van der Waals surface area (Å²) in [5.74, 6) is -1.65. The number of hydrogen-bond acceptors (Lipinski definition) is 9. The Bertz CT molecular complexity index is 1990. The monoisotopic (exact) mass is 984 g/mol. The van der Waals surface area contributed by atoms with Crippen LogP contribution in [-0.4, -0.2) is 70.1 Å². The third-order valence-corrected chi connectivity index (χ3v) is 12.5. The predicted octanol–water partition coefficient (Wildman–Crippen LogP) is 12.0. The van der Waals surface area contributed by atoms with Crippen LogP contribution in [0.4, 0.5) is 0 Å². The minimum atomic E-state index is -3.62. The van der Waals surface area contributed by atoms with Crippen LogP contribution in [0.15, 0.2) is 106 Å². The smallest absolute Gasteiger partial charge is 0.335 e. The van der Waals surface area contributed by atoms with Gasteiger partial charge < -0.3 is 30.4 Å². The number of aromatic carboxylic acids is 1. The van der Waals surface area contributed by atoms with Crippen LogP contribution < -0.4 is 15.4 Å². The van der Waals surface area contributed by atoms with Crippen molar-refractivity contribution < 1.29 is 42.5 Å². The number of aryl methyl sites for hydroxylation is 1. The molecule has 0 spiro atoms. The van der Waals surface area contributed by atoms with Crippen LogP contribution in [0.1, 0.15) is 171 Å². The van der Waals surface area contributed by atoms with Gasteiger partial charge in [-0.3, -0.25) is 9.59 Å². The summed E-state index contributed by atoms with van der Waals surface area (Å²) in [5.41, 5.74) is 5.27. The van der Waals surface area contributed by atoms with Gasteiger partial charge in [0, 0.05) is 43.5 Å². The van der Waals surface area contributed by atoms with Crippen molar-refractivity contribution in [2.75, 3.05) is 27.4 Å². The Morgan fingerprint density at radius 2 is 1.47 bits per heavy atom. The minimum absolute atomic E-state index is 0.149. The SMILES string of the molecule is CC.CC.CCCCC.CO.COCCNS(=O)(=O)Cc1cccc(C(=O)N/C(SC=C(C)C)=C(/C)C(=O)NC2=CC=C(CCCCc3ccc(C(=O)O)cc3)CC=C2)c1.O=CC1CCCCC1. The molecule has 2 aliphatic rings. The lowest BCUT2D eigenvalue weighted by molar-refractivity contribution is -0.116. The van der Waals surface area contributed by atoms with Gasteiger partial charge in [0.25, 0.3) is 11.8 Å². The molecule has 4 rings (SSSR count). The normalized spacial score (nSPS) is 13.2.